The second-order valence-electron chi connectivity index (χ2n) is 5.04. The molecule has 6 nitrogen and oxygen atoms in total. The van der Waals surface area contributed by atoms with E-state index in [1.807, 2.05) is 0 Å². The molecule has 0 spiro atoms. The third kappa shape index (κ3) is 4.21. The molecule has 0 saturated heterocycles. The van der Waals surface area contributed by atoms with Crippen molar-refractivity contribution in [1.29, 1.82) is 0 Å². The Bertz CT molecular complexity index is 878. The summed E-state index contributed by atoms with van der Waals surface area (Å²) in [5.41, 5.74) is 0.737. The van der Waals surface area contributed by atoms with Crippen molar-refractivity contribution in [1.82, 2.24) is 19.6 Å². The predicted octanol–water partition coefficient (Wildman–Crippen LogP) is 3.32. The van der Waals surface area contributed by atoms with Crippen molar-refractivity contribution < 1.29 is 9.18 Å². The van der Waals surface area contributed by atoms with Gasteiger partial charge in [-0.1, -0.05) is 17.7 Å². The molecule has 1 amide bonds. The van der Waals surface area contributed by atoms with E-state index in [4.69, 9.17) is 11.6 Å². The average Bonchev–Trinajstić information content (AvgIpc) is 3.11. The van der Waals surface area contributed by atoms with Gasteiger partial charge >= 0.3 is 0 Å². The molecule has 0 atom stereocenters. The molecule has 1 aromatic carbocycles. The van der Waals surface area contributed by atoms with Crippen LogP contribution in [0, 0.1) is 5.82 Å². The molecule has 0 saturated carbocycles. The molecule has 0 aliphatic carbocycles. The first-order valence-corrected chi connectivity index (χ1v) is 8.12. The summed E-state index contributed by atoms with van der Waals surface area (Å²) in [4.78, 5) is 12.0. The Morgan fingerprint density at radius 1 is 1.33 bits per heavy atom. The molecule has 0 unspecified atom stereocenters. The van der Waals surface area contributed by atoms with Crippen LogP contribution in [0.5, 0.6) is 0 Å². The fraction of sp³-hybridized carbons (Fsp3) is 0.133. The Morgan fingerprint density at radius 2 is 2.17 bits per heavy atom. The number of carbonyl (C=O) groups is 1. The Morgan fingerprint density at radius 3 is 2.88 bits per heavy atom. The fourth-order valence-corrected chi connectivity index (χ4v) is 2.65. The number of nitrogens with zero attached hydrogens (tertiary/aromatic N) is 4. The Hall–Kier alpha value is -2.19. The average molecular weight is 413 g/mol. The number of carbonyl (C=O) groups excluding carboxylic acids is 1. The van der Waals surface area contributed by atoms with Gasteiger partial charge in [-0.15, -0.1) is 0 Å². The topological polar surface area (TPSA) is 64.7 Å². The summed E-state index contributed by atoms with van der Waals surface area (Å²) < 4.78 is 17.0. The second-order valence-corrected chi connectivity index (χ2v) is 6.36. The van der Waals surface area contributed by atoms with Crippen LogP contribution in [0.4, 0.5) is 10.2 Å². The zero-order chi connectivity index (χ0) is 17.1. The second kappa shape index (κ2) is 7.14. The maximum atomic E-state index is 13.0. The van der Waals surface area contributed by atoms with Crippen LogP contribution in [0.3, 0.4) is 0 Å². The van der Waals surface area contributed by atoms with Gasteiger partial charge in [-0.05, 0) is 33.6 Å². The van der Waals surface area contributed by atoms with E-state index in [-0.39, 0.29) is 18.3 Å². The molecule has 2 heterocycles. The molecule has 3 aromatic rings. The van der Waals surface area contributed by atoms with E-state index in [1.54, 1.807) is 35.4 Å². The Kier molecular flexibility index (Phi) is 4.96. The summed E-state index contributed by atoms with van der Waals surface area (Å²) in [5, 5.41) is 11.3. The number of hydrogen-bond donors (Lipinski definition) is 1. The summed E-state index contributed by atoms with van der Waals surface area (Å²) in [7, 11) is 0. The van der Waals surface area contributed by atoms with E-state index in [0.29, 0.717) is 17.4 Å². The van der Waals surface area contributed by atoms with Crippen molar-refractivity contribution >= 4 is 39.3 Å². The molecular formula is C15H12BrClFN5O. The molecule has 0 aliphatic rings. The fourth-order valence-electron chi connectivity index (χ4n) is 2.10. The molecular weight excluding hydrogens is 401 g/mol. The number of halogens is 3. The molecule has 1 N–H and O–H groups in total. The van der Waals surface area contributed by atoms with Crippen LogP contribution >= 0.6 is 27.5 Å². The van der Waals surface area contributed by atoms with Crippen molar-refractivity contribution in [2.45, 2.75) is 13.1 Å². The van der Waals surface area contributed by atoms with Gasteiger partial charge < -0.3 is 5.32 Å². The van der Waals surface area contributed by atoms with Gasteiger partial charge in [0.25, 0.3) is 0 Å². The van der Waals surface area contributed by atoms with E-state index in [1.165, 1.54) is 16.8 Å². The maximum absolute atomic E-state index is 13.0. The van der Waals surface area contributed by atoms with Crippen molar-refractivity contribution in [3.63, 3.8) is 0 Å². The number of benzene rings is 1. The highest BCUT2D eigenvalue weighted by Crippen LogP contribution is 2.18. The highest BCUT2D eigenvalue weighted by Gasteiger charge is 2.08. The first kappa shape index (κ1) is 16.7. The zero-order valence-electron chi connectivity index (χ0n) is 12.3. The standard InChI is InChI=1S/C15H12BrClFN5O/c16-11-6-19-23(8-11)9-15(24)20-14-3-4-22(21-14)7-10-1-2-12(18)5-13(10)17/h1-6,8H,7,9H2,(H,20,21,24). The largest absolute Gasteiger partial charge is 0.308 e. The van der Waals surface area contributed by atoms with Crippen molar-refractivity contribution in [2.75, 3.05) is 5.32 Å². The first-order valence-electron chi connectivity index (χ1n) is 6.95. The number of amides is 1. The van der Waals surface area contributed by atoms with Gasteiger partial charge in [-0.3, -0.25) is 14.2 Å². The third-order valence-electron chi connectivity index (χ3n) is 3.16. The van der Waals surface area contributed by atoms with Gasteiger partial charge in [-0.25, -0.2) is 4.39 Å². The number of rotatable bonds is 5. The summed E-state index contributed by atoms with van der Waals surface area (Å²) in [6.45, 7) is 0.462. The lowest BCUT2D eigenvalue weighted by Crippen LogP contribution is -2.19. The van der Waals surface area contributed by atoms with Crippen molar-refractivity contribution in [3.8, 4) is 0 Å². The Balaban J connectivity index is 1.61. The molecule has 0 aliphatic heterocycles. The van der Waals surface area contributed by atoms with E-state index in [9.17, 15) is 9.18 Å². The molecule has 9 heteroatoms. The lowest BCUT2D eigenvalue weighted by atomic mass is 10.2. The number of hydrogen-bond acceptors (Lipinski definition) is 3. The van der Waals surface area contributed by atoms with Crippen LogP contribution in [-0.4, -0.2) is 25.5 Å². The van der Waals surface area contributed by atoms with E-state index in [2.05, 4.69) is 31.4 Å². The SMILES string of the molecule is O=C(Cn1cc(Br)cn1)Nc1ccn(Cc2ccc(F)cc2Cl)n1. The van der Waals surface area contributed by atoms with Gasteiger partial charge in [0, 0.05) is 23.5 Å². The van der Waals surface area contributed by atoms with Crippen molar-refractivity contribution in [2.24, 2.45) is 0 Å². The highest BCUT2D eigenvalue weighted by atomic mass is 79.9. The summed E-state index contributed by atoms with van der Waals surface area (Å²) in [6, 6.07) is 5.88. The number of anilines is 1. The normalized spacial score (nSPS) is 10.8. The van der Waals surface area contributed by atoms with Crippen LogP contribution in [0.15, 0.2) is 47.3 Å². The van der Waals surface area contributed by atoms with Gasteiger partial charge in [0.1, 0.15) is 12.4 Å². The van der Waals surface area contributed by atoms with Crippen LogP contribution in [0.2, 0.25) is 5.02 Å². The van der Waals surface area contributed by atoms with Crippen LogP contribution in [0.1, 0.15) is 5.56 Å². The minimum absolute atomic E-state index is 0.0856. The van der Waals surface area contributed by atoms with Gasteiger partial charge in [-0.2, -0.15) is 10.2 Å². The van der Waals surface area contributed by atoms with E-state index in [0.717, 1.165) is 10.0 Å². The lowest BCUT2D eigenvalue weighted by molar-refractivity contribution is -0.116. The predicted molar refractivity (Wildman–Crippen MR) is 91.3 cm³/mol. The zero-order valence-corrected chi connectivity index (χ0v) is 14.6. The van der Waals surface area contributed by atoms with Crippen LogP contribution in [-0.2, 0) is 17.9 Å². The summed E-state index contributed by atoms with van der Waals surface area (Å²) in [5.74, 6) is -0.206. The summed E-state index contributed by atoms with van der Waals surface area (Å²) in [6.07, 6.45) is 5.02. The molecule has 3 rings (SSSR count). The van der Waals surface area contributed by atoms with Gasteiger partial charge in [0.2, 0.25) is 5.91 Å². The van der Waals surface area contributed by atoms with Gasteiger partial charge in [0.15, 0.2) is 5.82 Å². The van der Waals surface area contributed by atoms with Crippen LogP contribution < -0.4 is 5.32 Å². The maximum Gasteiger partial charge on any atom is 0.247 e. The van der Waals surface area contributed by atoms with E-state index >= 15 is 0 Å². The monoisotopic (exact) mass is 411 g/mol. The van der Waals surface area contributed by atoms with E-state index < -0.39 is 0 Å². The molecule has 24 heavy (non-hydrogen) atoms. The first-order chi connectivity index (χ1) is 11.5. The smallest absolute Gasteiger partial charge is 0.247 e. The molecule has 2 aromatic heterocycles. The Labute approximate surface area is 150 Å². The third-order valence-corrected chi connectivity index (χ3v) is 3.92. The molecule has 0 bridgehead atoms. The quantitative estimate of drug-likeness (QED) is 0.699. The van der Waals surface area contributed by atoms with Crippen molar-refractivity contribution in [3.05, 3.63) is 63.7 Å². The van der Waals surface area contributed by atoms with Crippen LogP contribution in [0.25, 0.3) is 0 Å². The lowest BCUT2D eigenvalue weighted by Gasteiger charge is -2.05. The number of aromatic nitrogens is 4. The molecule has 0 fully saturated rings. The molecule has 124 valence electrons. The highest BCUT2D eigenvalue weighted by molar-refractivity contribution is 9.10. The number of nitrogens with one attached hydrogen (secondary N) is 1. The molecule has 0 radical (unpaired) electrons. The minimum Gasteiger partial charge on any atom is -0.308 e. The van der Waals surface area contributed by atoms with Gasteiger partial charge in [0.05, 0.1) is 17.2 Å². The summed E-state index contributed by atoms with van der Waals surface area (Å²) >= 11 is 9.27. The minimum atomic E-state index is -0.387.